The molecule has 94 valence electrons. The Bertz CT molecular complexity index is 394. The second kappa shape index (κ2) is 5.39. The molecule has 1 unspecified atom stereocenters. The Labute approximate surface area is 104 Å². The van der Waals surface area contributed by atoms with Crippen molar-refractivity contribution in [1.29, 1.82) is 0 Å². The third-order valence-corrected chi connectivity index (χ3v) is 4.14. The van der Waals surface area contributed by atoms with Gasteiger partial charge in [0.2, 0.25) is 11.8 Å². The van der Waals surface area contributed by atoms with Crippen LogP contribution < -0.4 is 5.73 Å². The molecule has 17 heavy (non-hydrogen) atoms. The number of hydrogen-bond donors (Lipinski definition) is 2. The quantitative estimate of drug-likeness (QED) is 0.814. The number of nitrogens with two attached hydrogens (primary N) is 1. The fourth-order valence-electron chi connectivity index (χ4n) is 2.02. The zero-order valence-electron chi connectivity index (χ0n) is 9.85. The number of nitrogens with zero attached hydrogens (tertiary/aromatic N) is 3. The van der Waals surface area contributed by atoms with Gasteiger partial charge in [0.15, 0.2) is 0 Å². The summed E-state index contributed by atoms with van der Waals surface area (Å²) < 4.78 is 0. The summed E-state index contributed by atoms with van der Waals surface area (Å²) in [6.07, 6.45) is 5.38. The summed E-state index contributed by atoms with van der Waals surface area (Å²) in [5, 5.41) is 6.90. The molecule has 1 saturated heterocycles. The molecule has 0 spiro atoms. The minimum atomic E-state index is -0.101. The van der Waals surface area contributed by atoms with Crippen LogP contribution in [0.3, 0.4) is 0 Å². The van der Waals surface area contributed by atoms with E-state index in [0.717, 1.165) is 25.9 Å². The number of thioether (sulfide) groups is 1. The zero-order valence-corrected chi connectivity index (χ0v) is 10.7. The second-order valence-electron chi connectivity index (χ2n) is 4.12. The van der Waals surface area contributed by atoms with E-state index < -0.39 is 0 Å². The predicted octanol–water partition coefficient (Wildman–Crippen LogP) is 0.745. The van der Waals surface area contributed by atoms with Crippen molar-refractivity contribution in [2.24, 2.45) is 0 Å². The van der Waals surface area contributed by atoms with Gasteiger partial charge in [-0.1, -0.05) is 0 Å². The number of carbonyl (C=O) groups is 1. The van der Waals surface area contributed by atoms with Gasteiger partial charge >= 0.3 is 0 Å². The number of likely N-dealkylation sites (tertiary alicyclic amines) is 1. The molecule has 2 rings (SSSR count). The van der Waals surface area contributed by atoms with Crippen molar-refractivity contribution in [1.82, 2.24) is 20.1 Å². The predicted molar refractivity (Wildman–Crippen MR) is 67.9 cm³/mol. The molecule has 2 heterocycles. The second-order valence-corrected chi connectivity index (χ2v) is 5.26. The molecule has 7 heteroatoms. The first-order chi connectivity index (χ1) is 8.20. The maximum atomic E-state index is 12.1. The Morgan fingerprint density at radius 3 is 3.00 bits per heavy atom. The van der Waals surface area contributed by atoms with Gasteiger partial charge in [-0.2, -0.15) is 16.7 Å². The fraction of sp³-hybridized carbons (Fsp3) is 0.700. The van der Waals surface area contributed by atoms with Gasteiger partial charge in [-0.05, 0) is 25.5 Å². The standard InChI is InChI=1S/C10H17N5OS/c1-17-7-3-2-5-15(6-4-7)9(16)8-12-10(11)14-13-8/h7H,2-6H2,1H3,(H3,11,12,13,14). The summed E-state index contributed by atoms with van der Waals surface area (Å²) >= 11 is 1.88. The smallest absolute Gasteiger partial charge is 0.291 e. The number of aromatic nitrogens is 3. The highest BCUT2D eigenvalue weighted by molar-refractivity contribution is 7.99. The number of nitrogen functional groups attached to an aromatic ring is 1. The maximum Gasteiger partial charge on any atom is 0.291 e. The molecule has 0 radical (unpaired) electrons. The van der Waals surface area contributed by atoms with E-state index in [9.17, 15) is 4.79 Å². The van der Waals surface area contributed by atoms with Gasteiger partial charge in [0.1, 0.15) is 0 Å². The molecule has 0 saturated carbocycles. The van der Waals surface area contributed by atoms with Crippen LogP contribution in [-0.4, -0.2) is 50.6 Å². The highest BCUT2D eigenvalue weighted by atomic mass is 32.2. The van der Waals surface area contributed by atoms with Crippen LogP contribution in [0.15, 0.2) is 0 Å². The van der Waals surface area contributed by atoms with Gasteiger partial charge in [-0.15, -0.1) is 5.10 Å². The molecule has 0 aromatic carbocycles. The third-order valence-electron chi connectivity index (χ3n) is 3.00. The van der Waals surface area contributed by atoms with Crippen molar-refractivity contribution >= 4 is 23.6 Å². The van der Waals surface area contributed by atoms with E-state index in [-0.39, 0.29) is 17.7 Å². The van der Waals surface area contributed by atoms with E-state index in [1.807, 2.05) is 16.7 Å². The number of H-pyrrole nitrogens is 1. The lowest BCUT2D eigenvalue weighted by atomic mass is 10.2. The number of nitrogens with one attached hydrogen (secondary N) is 1. The van der Waals surface area contributed by atoms with Crippen molar-refractivity contribution in [3.8, 4) is 0 Å². The van der Waals surface area contributed by atoms with Gasteiger partial charge in [0.25, 0.3) is 5.91 Å². The van der Waals surface area contributed by atoms with Crippen molar-refractivity contribution in [2.75, 3.05) is 25.1 Å². The first-order valence-electron chi connectivity index (χ1n) is 5.70. The first kappa shape index (κ1) is 12.2. The Morgan fingerprint density at radius 1 is 1.53 bits per heavy atom. The molecular weight excluding hydrogens is 238 g/mol. The topological polar surface area (TPSA) is 87.9 Å². The summed E-state index contributed by atoms with van der Waals surface area (Å²) in [6, 6.07) is 0. The Hall–Kier alpha value is -1.24. The average Bonchev–Trinajstić information content (AvgIpc) is 2.64. The number of carbonyl (C=O) groups excluding carboxylic acids is 1. The van der Waals surface area contributed by atoms with Gasteiger partial charge in [0.05, 0.1) is 0 Å². The first-order valence-corrected chi connectivity index (χ1v) is 6.99. The summed E-state index contributed by atoms with van der Waals surface area (Å²) in [4.78, 5) is 17.8. The lowest BCUT2D eigenvalue weighted by molar-refractivity contribution is 0.0750. The number of aromatic amines is 1. The van der Waals surface area contributed by atoms with Gasteiger partial charge in [-0.25, -0.2) is 0 Å². The SMILES string of the molecule is CSC1CCCN(C(=O)c2nc(N)n[nH]2)CC1. The number of rotatable bonds is 2. The minimum absolute atomic E-state index is 0.101. The fourth-order valence-corrected chi connectivity index (χ4v) is 2.77. The van der Waals surface area contributed by atoms with Crippen molar-refractivity contribution in [3.05, 3.63) is 5.82 Å². The van der Waals surface area contributed by atoms with E-state index in [1.54, 1.807) is 0 Å². The van der Waals surface area contributed by atoms with Crippen molar-refractivity contribution in [3.63, 3.8) is 0 Å². The molecule has 3 N–H and O–H groups in total. The lowest BCUT2D eigenvalue weighted by Crippen LogP contribution is -2.32. The van der Waals surface area contributed by atoms with Crippen LogP contribution in [0.25, 0.3) is 0 Å². The van der Waals surface area contributed by atoms with Crippen molar-refractivity contribution in [2.45, 2.75) is 24.5 Å². The van der Waals surface area contributed by atoms with E-state index in [2.05, 4.69) is 21.4 Å². The summed E-state index contributed by atoms with van der Waals surface area (Å²) in [5.74, 6) is 0.256. The van der Waals surface area contributed by atoms with E-state index >= 15 is 0 Å². The molecule has 1 aliphatic heterocycles. The largest absolute Gasteiger partial charge is 0.366 e. The van der Waals surface area contributed by atoms with Crippen LogP contribution in [0.2, 0.25) is 0 Å². The minimum Gasteiger partial charge on any atom is -0.366 e. The zero-order chi connectivity index (χ0) is 12.3. The van der Waals surface area contributed by atoms with Crippen molar-refractivity contribution < 1.29 is 4.79 Å². The number of anilines is 1. The molecule has 1 amide bonds. The number of amides is 1. The van der Waals surface area contributed by atoms with Gasteiger partial charge in [0, 0.05) is 18.3 Å². The van der Waals surface area contributed by atoms with Gasteiger partial charge < -0.3 is 10.6 Å². The van der Waals surface area contributed by atoms with Crippen LogP contribution >= 0.6 is 11.8 Å². The molecule has 0 aliphatic carbocycles. The Morgan fingerprint density at radius 2 is 2.35 bits per heavy atom. The molecule has 1 aromatic heterocycles. The lowest BCUT2D eigenvalue weighted by Gasteiger charge is -2.18. The molecule has 6 nitrogen and oxygen atoms in total. The van der Waals surface area contributed by atoms with E-state index in [4.69, 9.17) is 5.73 Å². The summed E-state index contributed by atoms with van der Waals surface area (Å²) in [6.45, 7) is 1.57. The Balaban J connectivity index is 2.00. The van der Waals surface area contributed by atoms with Crippen LogP contribution in [0.4, 0.5) is 5.95 Å². The highest BCUT2D eigenvalue weighted by Gasteiger charge is 2.23. The molecule has 1 aliphatic rings. The van der Waals surface area contributed by atoms with Crippen LogP contribution in [-0.2, 0) is 0 Å². The summed E-state index contributed by atoms with van der Waals surface area (Å²) in [7, 11) is 0. The summed E-state index contributed by atoms with van der Waals surface area (Å²) in [5.41, 5.74) is 5.39. The van der Waals surface area contributed by atoms with Gasteiger partial charge in [-0.3, -0.25) is 9.89 Å². The third kappa shape index (κ3) is 2.91. The normalized spacial score (nSPS) is 21.2. The Kier molecular flexibility index (Phi) is 3.88. The molecular formula is C10H17N5OS. The molecule has 1 atom stereocenters. The average molecular weight is 255 g/mol. The maximum absolute atomic E-state index is 12.1. The van der Waals surface area contributed by atoms with Crippen LogP contribution in [0.5, 0.6) is 0 Å². The van der Waals surface area contributed by atoms with E-state index in [1.165, 1.54) is 6.42 Å². The molecule has 1 aromatic rings. The molecule has 1 fully saturated rings. The highest BCUT2D eigenvalue weighted by Crippen LogP contribution is 2.21. The van der Waals surface area contributed by atoms with Crippen LogP contribution in [0.1, 0.15) is 29.9 Å². The number of hydrogen-bond acceptors (Lipinski definition) is 5. The van der Waals surface area contributed by atoms with Crippen LogP contribution in [0, 0.1) is 0 Å². The van der Waals surface area contributed by atoms with E-state index in [0.29, 0.717) is 5.25 Å². The molecule has 0 bridgehead atoms. The monoisotopic (exact) mass is 255 g/mol.